The van der Waals surface area contributed by atoms with Crippen molar-refractivity contribution in [3.63, 3.8) is 0 Å². The van der Waals surface area contributed by atoms with Gasteiger partial charge in [-0.25, -0.2) is 4.98 Å². The molecule has 0 atom stereocenters. The quantitative estimate of drug-likeness (QED) is 0.303. The van der Waals surface area contributed by atoms with Gasteiger partial charge < -0.3 is 25.6 Å². The first-order chi connectivity index (χ1) is 16.9. The lowest BCUT2D eigenvalue weighted by molar-refractivity contribution is -0.111. The third kappa shape index (κ3) is 6.10. The van der Waals surface area contributed by atoms with Crippen LogP contribution in [0.4, 0.5) is 28.8 Å². The third-order valence-electron chi connectivity index (χ3n) is 5.03. The van der Waals surface area contributed by atoms with Crippen LogP contribution in [0.15, 0.2) is 73.4 Å². The largest absolute Gasteiger partial charge is 0.491 e. The molecule has 0 bridgehead atoms. The van der Waals surface area contributed by atoms with E-state index in [-0.39, 0.29) is 5.91 Å². The zero-order chi connectivity index (χ0) is 24.8. The zero-order valence-corrected chi connectivity index (χ0v) is 19.9. The second-order valence-corrected chi connectivity index (χ2v) is 8.08. The Morgan fingerprint density at radius 1 is 1.03 bits per heavy atom. The van der Waals surface area contributed by atoms with Gasteiger partial charge in [-0.15, -0.1) is 0 Å². The SMILES string of the molecule is C=CC(=O)Nc1cccc(Nc2nc(Nc3ccc4nc(CN(C)C)ccc4c3)ncc2OC)c1. The number of hydrogen-bond acceptors (Lipinski definition) is 8. The van der Waals surface area contributed by atoms with Gasteiger partial charge in [0, 0.05) is 29.0 Å². The van der Waals surface area contributed by atoms with Gasteiger partial charge in [0.1, 0.15) is 0 Å². The number of hydrogen-bond donors (Lipinski definition) is 3. The van der Waals surface area contributed by atoms with E-state index in [0.29, 0.717) is 23.2 Å². The summed E-state index contributed by atoms with van der Waals surface area (Å²) in [7, 11) is 5.60. The number of anilines is 5. The average Bonchev–Trinajstić information content (AvgIpc) is 2.84. The molecule has 0 fully saturated rings. The van der Waals surface area contributed by atoms with Crippen LogP contribution in [0, 0.1) is 0 Å². The molecule has 4 aromatic rings. The lowest BCUT2D eigenvalue weighted by Gasteiger charge is -2.13. The predicted octanol–water partition coefficient (Wildman–Crippen LogP) is 4.71. The van der Waals surface area contributed by atoms with Gasteiger partial charge in [0.2, 0.25) is 11.9 Å². The number of pyridine rings is 1. The Morgan fingerprint density at radius 3 is 2.60 bits per heavy atom. The highest BCUT2D eigenvalue weighted by atomic mass is 16.5. The van der Waals surface area contributed by atoms with E-state index in [2.05, 4.69) is 43.5 Å². The van der Waals surface area contributed by atoms with Crippen molar-refractivity contribution in [1.82, 2.24) is 19.9 Å². The summed E-state index contributed by atoms with van der Waals surface area (Å²) in [5.41, 5.74) is 4.14. The molecule has 2 aromatic carbocycles. The van der Waals surface area contributed by atoms with Crippen LogP contribution in [0.2, 0.25) is 0 Å². The normalized spacial score (nSPS) is 10.7. The van der Waals surface area contributed by atoms with Crippen LogP contribution < -0.4 is 20.7 Å². The van der Waals surface area contributed by atoms with Gasteiger partial charge in [-0.2, -0.15) is 4.98 Å². The van der Waals surface area contributed by atoms with E-state index in [1.807, 2.05) is 50.5 Å². The van der Waals surface area contributed by atoms with Crippen molar-refractivity contribution in [2.24, 2.45) is 0 Å². The number of aromatic nitrogens is 3. The van der Waals surface area contributed by atoms with Crippen molar-refractivity contribution in [1.29, 1.82) is 0 Å². The number of rotatable bonds is 9. The molecule has 0 aliphatic heterocycles. The summed E-state index contributed by atoms with van der Waals surface area (Å²) in [5, 5.41) is 10.2. The Kier molecular flexibility index (Phi) is 7.18. The van der Waals surface area contributed by atoms with Crippen molar-refractivity contribution < 1.29 is 9.53 Å². The molecule has 9 heteroatoms. The first-order valence-corrected chi connectivity index (χ1v) is 11.0. The van der Waals surface area contributed by atoms with Gasteiger partial charge in [-0.3, -0.25) is 9.78 Å². The molecule has 178 valence electrons. The second kappa shape index (κ2) is 10.6. The van der Waals surface area contributed by atoms with Crippen molar-refractivity contribution >= 4 is 45.6 Å². The second-order valence-electron chi connectivity index (χ2n) is 8.08. The molecule has 0 unspecified atom stereocenters. The summed E-state index contributed by atoms with van der Waals surface area (Å²) in [5.74, 6) is 1.08. The van der Waals surface area contributed by atoms with Crippen LogP contribution >= 0.6 is 0 Å². The van der Waals surface area contributed by atoms with Gasteiger partial charge in [-0.05, 0) is 62.6 Å². The zero-order valence-electron chi connectivity index (χ0n) is 19.9. The fraction of sp³-hybridized carbons (Fsp3) is 0.154. The third-order valence-corrected chi connectivity index (χ3v) is 5.03. The number of ether oxygens (including phenoxy) is 1. The van der Waals surface area contributed by atoms with Crippen LogP contribution in [0.3, 0.4) is 0 Å². The van der Waals surface area contributed by atoms with E-state index in [0.717, 1.165) is 34.5 Å². The number of benzene rings is 2. The van der Waals surface area contributed by atoms with Gasteiger partial charge in [-0.1, -0.05) is 18.7 Å². The number of nitrogens with zero attached hydrogens (tertiary/aromatic N) is 4. The molecule has 9 nitrogen and oxygen atoms in total. The van der Waals surface area contributed by atoms with Crippen LogP contribution in [0.5, 0.6) is 5.75 Å². The minimum Gasteiger partial charge on any atom is -0.491 e. The molecular weight excluding hydrogens is 442 g/mol. The monoisotopic (exact) mass is 469 g/mol. The molecule has 0 aliphatic rings. The summed E-state index contributed by atoms with van der Waals surface area (Å²) in [6, 6.07) is 17.3. The minimum atomic E-state index is -0.284. The Labute approximate surface area is 203 Å². The highest BCUT2D eigenvalue weighted by molar-refractivity contribution is 5.99. The Bertz CT molecular complexity index is 1370. The van der Waals surface area contributed by atoms with Crippen LogP contribution in [0.25, 0.3) is 10.9 Å². The summed E-state index contributed by atoms with van der Waals surface area (Å²) >= 11 is 0. The topological polar surface area (TPSA) is 104 Å². The van der Waals surface area contributed by atoms with E-state index in [4.69, 9.17) is 9.72 Å². The standard InChI is InChI=1S/C26H27N7O2/c1-5-24(34)29-18-7-6-8-19(14-18)30-25-23(35-4)15-27-26(32-25)31-20-11-12-22-17(13-20)9-10-21(28-22)16-33(2)3/h5-15H,1,16H2,2-4H3,(H,29,34)(H2,27,30,31,32). The molecule has 3 N–H and O–H groups in total. The van der Waals surface area contributed by atoms with E-state index < -0.39 is 0 Å². The summed E-state index contributed by atoms with van der Waals surface area (Å²) < 4.78 is 5.42. The first-order valence-electron chi connectivity index (χ1n) is 11.0. The van der Waals surface area contributed by atoms with E-state index in [1.54, 1.807) is 25.4 Å². The summed E-state index contributed by atoms with van der Waals surface area (Å²) in [6.07, 6.45) is 2.81. The maximum absolute atomic E-state index is 11.6. The first kappa shape index (κ1) is 23.7. The van der Waals surface area contributed by atoms with Gasteiger partial charge in [0.15, 0.2) is 11.6 Å². The van der Waals surface area contributed by atoms with Crippen LogP contribution in [0.1, 0.15) is 5.69 Å². The molecular formula is C26H27N7O2. The number of nitrogens with one attached hydrogen (secondary N) is 3. The Balaban J connectivity index is 1.55. The predicted molar refractivity (Wildman–Crippen MR) is 140 cm³/mol. The Hall–Kier alpha value is -4.50. The van der Waals surface area contributed by atoms with Gasteiger partial charge in [0.05, 0.1) is 24.5 Å². The Morgan fingerprint density at radius 2 is 1.83 bits per heavy atom. The summed E-state index contributed by atoms with van der Waals surface area (Å²) in [4.78, 5) is 27.4. The van der Waals surface area contributed by atoms with E-state index in [1.165, 1.54) is 6.08 Å². The van der Waals surface area contributed by atoms with E-state index >= 15 is 0 Å². The number of carbonyl (C=O) groups excluding carboxylic acids is 1. The fourth-order valence-electron chi connectivity index (χ4n) is 3.46. The van der Waals surface area contributed by atoms with Gasteiger partial charge >= 0.3 is 0 Å². The van der Waals surface area contributed by atoms with Gasteiger partial charge in [0.25, 0.3) is 0 Å². The van der Waals surface area contributed by atoms with Crippen LogP contribution in [-0.4, -0.2) is 47.0 Å². The minimum absolute atomic E-state index is 0.284. The number of amides is 1. The molecule has 0 aliphatic carbocycles. The molecule has 0 saturated carbocycles. The van der Waals surface area contributed by atoms with Crippen molar-refractivity contribution in [3.05, 3.63) is 79.1 Å². The average molecular weight is 470 g/mol. The molecule has 0 spiro atoms. The molecule has 2 aromatic heterocycles. The molecule has 2 heterocycles. The fourth-order valence-corrected chi connectivity index (χ4v) is 3.46. The lowest BCUT2D eigenvalue weighted by atomic mass is 10.2. The molecule has 4 rings (SSSR count). The number of carbonyl (C=O) groups is 1. The molecule has 0 saturated heterocycles. The highest BCUT2D eigenvalue weighted by Gasteiger charge is 2.10. The van der Waals surface area contributed by atoms with Crippen molar-refractivity contribution in [2.45, 2.75) is 6.54 Å². The number of methoxy groups -OCH3 is 1. The van der Waals surface area contributed by atoms with Crippen molar-refractivity contribution in [3.8, 4) is 5.75 Å². The lowest BCUT2D eigenvalue weighted by Crippen LogP contribution is -2.11. The number of fused-ring (bicyclic) bond motifs is 1. The van der Waals surface area contributed by atoms with Crippen molar-refractivity contribution in [2.75, 3.05) is 37.2 Å². The maximum Gasteiger partial charge on any atom is 0.247 e. The van der Waals surface area contributed by atoms with Crippen LogP contribution in [-0.2, 0) is 11.3 Å². The highest BCUT2D eigenvalue weighted by Crippen LogP contribution is 2.28. The molecule has 0 radical (unpaired) electrons. The summed E-state index contributed by atoms with van der Waals surface area (Å²) in [6.45, 7) is 4.26. The molecule has 1 amide bonds. The smallest absolute Gasteiger partial charge is 0.247 e. The molecule has 35 heavy (non-hydrogen) atoms. The van der Waals surface area contributed by atoms with E-state index in [9.17, 15) is 4.79 Å². The maximum atomic E-state index is 11.6.